The molecule has 0 fully saturated rings. The van der Waals surface area contributed by atoms with E-state index in [0.717, 1.165) is 55.4 Å². The first kappa shape index (κ1) is 14.6. The van der Waals surface area contributed by atoms with Crippen molar-refractivity contribution >= 4 is 0 Å². The van der Waals surface area contributed by atoms with Gasteiger partial charge in [0.1, 0.15) is 11.6 Å². The normalized spacial score (nSPS) is 10.7. The smallest absolute Gasteiger partial charge is 0.120 e. The first-order chi connectivity index (χ1) is 9.83. The van der Waals surface area contributed by atoms with Gasteiger partial charge in [0, 0.05) is 0 Å². The van der Waals surface area contributed by atoms with Crippen molar-refractivity contribution in [2.75, 3.05) is 13.2 Å². The van der Waals surface area contributed by atoms with E-state index >= 15 is 0 Å². The van der Waals surface area contributed by atoms with E-state index < -0.39 is 0 Å². The number of ether oxygens (including phenoxy) is 1. The van der Waals surface area contributed by atoms with Gasteiger partial charge in [0.15, 0.2) is 0 Å². The molecule has 0 aliphatic heterocycles. The van der Waals surface area contributed by atoms with Crippen molar-refractivity contribution in [1.29, 1.82) is 0 Å². The van der Waals surface area contributed by atoms with Crippen LogP contribution in [-0.4, -0.2) is 23.1 Å². The number of nitrogens with zero attached hydrogens (tertiary/aromatic N) is 1. The number of nitrogens with one attached hydrogen (secondary N) is 2. The Hall–Kier alpha value is -1.81. The van der Waals surface area contributed by atoms with E-state index in [1.54, 1.807) is 0 Å². The van der Waals surface area contributed by atoms with Gasteiger partial charge >= 0.3 is 0 Å². The molecule has 2 aromatic rings. The Kier molecular flexibility index (Phi) is 5.62. The lowest BCUT2D eigenvalue weighted by Gasteiger charge is -2.05. The Balaban J connectivity index is 1.97. The second-order valence-corrected chi connectivity index (χ2v) is 4.79. The highest BCUT2D eigenvalue weighted by Gasteiger charge is 2.03. The van der Waals surface area contributed by atoms with Crippen LogP contribution in [0.15, 0.2) is 30.5 Å². The fraction of sp³-hybridized carbons (Fsp3) is 0.438. The van der Waals surface area contributed by atoms with Crippen LogP contribution in [0.2, 0.25) is 0 Å². The van der Waals surface area contributed by atoms with E-state index in [9.17, 15) is 0 Å². The summed E-state index contributed by atoms with van der Waals surface area (Å²) >= 11 is 0. The summed E-state index contributed by atoms with van der Waals surface area (Å²) in [6.45, 7) is 6.82. The molecule has 1 aromatic carbocycles. The van der Waals surface area contributed by atoms with Crippen LogP contribution in [0.5, 0.6) is 5.75 Å². The molecule has 0 aliphatic carbocycles. The number of hydrogen-bond acceptors (Lipinski definition) is 3. The number of aromatic nitrogens is 2. The van der Waals surface area contributed by atoms with Gasteiger partial charge in [0.25, 0.3) is 0 Å². The van der Waals surface area contributed by atoms with E-state index in [1.807, 2.05) is 18.3 Å². The fourth-order valence-corrected chi connectivity index (χ4v) is 1.93. The maximum absolute atomic E-state index is 5.58. The molecule has 1 aromatic heterocycles. The molecule has 4 heteroatoms. The summed E-state index contributed by atoms with van der Waals surface area (Å²) in [6, 6.07) is 8.12. The highest BCUT2D eigenvalue weighted by Crippen LogP contribution is 2.21. The minimum Gasteiger partial charge on any atom is -0.494 e. The average molecular weight is 273 g/mol. The first-order valence-corrected chi connectivity index (χ1v) is 7.31. The number of aromatic amines is 1. The first-order valence-electron chi connectivity index (χ1n) is 7.31. The zero-order valence-electron chi connectivity index (χ0n) is 12.3. The summed E-state index contributed by atoms with van der Waals surface area (Å²) in [6.07, 6.45) is 4.04. The van der Waals surface area contributed by atoms with Crippen molar-refractivity contribution in [3.63, 3.8) is 0 Å². The zero-order valence-corrected chi connectivity index (χ0v) is 12.3. The van der Waals surface area contributed by atoms with E-state index in [4.69, 9.17) is 4.74 Å². The largest absolute Gasteiger partial charge is 0.494 e. The average Bonchev–Trinajstić information content (AvgIpc) is 2.95. The maximum atomic E-state index is 5.58. The van der Waals surface area contributed by atoms with E-state index in [2.05, 4.69) is 41.3 Å². The molecular formula is C16H23N3O. The topological polar surface area (TPSA) is 49.9 Å². The number of benzene rings is 1. The molecule has 0 spiro atoms. The molecular weight excluding hydrogens is 250 g/mol. The quantitative estimate of drug-likeness (QED) is 0.725. The Bertz CT molecular complexity index is 505. The van der Waals surface area contributed by atoms with Gasteiger partial charge in [0.05, 0.1) is 25.0 Å². The standard InChI is InChI=1S/C16H23N3O/c1-3-9-17-12-16-18-11-15(19-16)13-5-7-14(8-6-13)20-10-4-2/h5-8,11,17H,3-4,9-10,12H2,1-2H3,(H,18,19). The molecule has 108 valence electrons. The summed E-state index contributed by atoms with van der Waals surface area (Å²) in [5.41, 5.74) is 2.17. The molecule has 0 saturated heterocycles. The Morgan fingerprint density at radius 3 is 2.65 bits per heavy atom. The van der Waals surface area contributed by atoms with Gasteiger partial charge in [-0.15, -0.1) is 0 Å². The van der Waals surface area contributed by atoms with Gasteiger partial charge in [0.2, 0.25) is 0 Å². The predicted octanol–water partition coefficient (Wildman–Crippen LogP) is 3.37. The maximum Gasteiger partial charge on any atom is 0.120 e. The summed E-state index contributed by atoms with van der Waals surface area (Å²) in [4.78, 5) is 7.72. The predicted molar refractivity (Wildman–Crippen MR) is 81.8 cm³/mol. The van der Waals surface area contributed by atoms with Gasteiger partial charge in [-0.25, -0.2) is 4.98 Å². The number of H-pyrrole nitrogens is 1. The Morgan fingerprint density at radius 1 is 1.15 bits per heavy atom. The molecule has 0 aliphatic rings. The van der Waals surface area contributed by atoms with Crippen LogP contribution < -0.4 is 10.1 Å². The van der Waals surface area contributed by atoms with E-state index in [0.29, 0.717) is 0 Å². The zero-order chi connectivity index (χ0) is 14.2. The molecule has 2 N–H and O–H groups in total. The summed E-state index contributed by atoms with van der Waals surface area (Å²) in [5, 5.41) is 3.33. The van der Waals surface area contributed by atoms with Crippen LogP contribution in [0.25, 0.3) is 11.3 Å². The third-order valence-electron chi connectivity index (χ3n) is 2.99. The van der Waals surface area contributed by atoms with Crippen LogP contribution in [0.1, 0.15) is 32.5 Å². The lowest BCUT2D eigenvalue weighted by molar-refractivity contribution is 0.317. The third kappa shape index (κ3) is 4.10. The molecule has 2 rings (SSSR count). The van der Waals surface area contributed by atoms with Gasteiger partial charge in [-0.3, -0.25) is 0 Å². The molecule has 0 radical (unpaired) electrons. The van der Waals surface area contributed by atoms with Crippen LogP contribution in [-0.2, 0) is 6.54 Å². The summed E-state index contributed by atoms with van der Waals surface area (Å²) < 4.78 is 5.58. The molecule has 0 unspecified atom stereocenters. The lowest BCUT2D eigenvalue weighted by atomic mass is 10.2. The van der Waals surface area contributed by atoms with Crippen LogP contribution >= 0.6 is 0 Å². The molecule has 0 atom stereocenters. The van der Waals surface area contributed by atoms with Gasteiger partial charge < -0.3 is 15.0 Å². The highest BCUT2D eigenvalue weighted by atomic mass is 16.5. The van der Waals surface area contributed by atoms with Crippen molar-refractivity contribution < 1.29 is 4.74 Å². The number of imidazole rings is 1. The van der Waals surface area contributed by atoms with Crippen molar-refractivity contribution in [2.45, 2.75) is 33.2 Å². The SMILES string of the molecule is CCCNCc1ncc(-c2ccc(OCCC)cc2)[nH]1. The van der Waals surface area contributed by atoms with Gasteiger partial charge in [-0.1, -0.05) is 13.8 Å². The monoisotopic (exact) mass is 273 g/mol. The number of hydrogen-bond donors (Lipinski definition) is 2. The van der Waals surface area contributed by atoms with Crippen LogP contribution in [0.4, 0.5) is 0 Å². The molecule has 0 saturated carbocycles. The molecule has 0 bridgehead atoms. The Labute approximate surface area is 120 Å². The molecule has 0 amide bonds. The summed E-state index contributed by atoms with van der Waals surface area (Å²) in [7, 11) is 0. The van der Waals surface area contributed by atoms with Crippen molar-refractivity contribution in [3.05, 3.63) is 36.3 Å². The second kappa shape index (κ2) is 7.70. The minimum absolute atomic E-state index is 0.761. The fourth-order valence-electron chi connectivity index (χ4n) is 1.93. The Morgan fingerprint density at radius 2 is 1.95 bits per heavy atom. The van der Waals surface area contributed by atoms with Gasteiger partial charge in [-0.05, 0) is 49.2 Å². The van der Waals surface area contributed by atoms with E-state index in [1.165, 1.54) is 0 Å². The van der Waals surface area contributed by atoms with Crippen molar-refractivity contribution in [1.82, 2.24) is 15.3 Å². The third-order valence-corrected chi connectivity index (χ3v) is 2.99. The summed E-state index contributed by atoms with van der Waals surface area (Å²) in [5.74, 6) is 1.89. The highest BCUT2D eigenvalue weighted by molar-refractivity contribution is 5.59. The molecule has 1 heterocycles. The van der Waals surface area contributed by atoms with E-state index in [-0.39, 0.29) is 0 Å². The number of rotatable bonds is 8. The molecule has 20 heavy (non-hydrogen) atoms. The van der Waals surface area contributed by atoms with Gasteiger partial charge in [-0.2, -0.15) is 0 Å². The van der Waals surface area contributed by atoms with Crippen LogP contribution in [0, 0.1) is 0 Å². The molecule has 4 nitrogen and oxygen atoms in total. The minimum atomic E-state index is 0.761. The lowest BCUT2D eigenvalue weighted by Crippen LogP contribution is -2.14. The van der Waals surface area contributed by atoms with Crippen LogP contribution in [0.3, 0.4) is 0 Å². The van der Waals surface area contributed by atoms with Crippen molar-refractivity contribution in [3.8, 4) is 17.0 Å². The van der Waals surface area contributed by atoms with Crippen molar-refractivity contribution in [2.24, 2.45) is 0 Å². The second-order valence-electron chi connectivity index (χ2n) is 4.79.